The zero-order valence-electron chi connectivity index (χ0n) is 16.8. The summed E-state index contributed by atoms with van der Waals surface area (Å²) < 4.78 is 55.7. The predicted octanol–water partition coefficient (Wildman–Crippen LogP) is 3.78. The second-order valence-electron chi connectivity index (χ2n) is 7.33. The maximum atomic E-state index is 14.5. The van der Waals surface area contributed by atoms with E-state index in [0.717, 1.165) is 18.0 Å². The summed E-state index contributed by atoms with van der Waals surface area (Å²) in [7, 11) is -2.38. The van der Waals surface area contributed by atoms with Gasteiger partial charge in [-0.05, 0) is 61.8 Å². The van der Waals surface area contributed by atoms with E-state index in [2.05, 4.69) is 21.0 Å². The van der Waals surface area contributed by atoms with Crippen LogP contribution in [0.1, 0.15) is 38.1 Å². The lowest BCUT2D eigenvalue weighted by molar-refractivity contribution is -0.163. The molecule has 29 heavy (non-hydrogen) atoms. The number of aryl methyl sites for hydroxylation is 1. The number of benzene rings is 1. The van der Waals surface area contributed by atoms with Gasteiger partial charge in [0.05, 0.1) is 11.9 Å². The highest BCUT2D eigenvalue weighted by Crippen LogP contribution is 2.34. The molecule has 1 aromatic carbocycles. The van der Waals surface area contributed by atoms with Gasteiger partial charge in [-0.25, -0.2) is 13.4 Å². The Morgan fingerprint density at radius 2 is 1.93 bits per heavy atom. The van der Waals surface area contributed by atoms with Gasteiger partial charge in [-0.1, -0.05) is 0 Å². The predicted molar refractivity (Wildman–Crippen MR) is 107 cm³/mol. The zero-order chi connectivity index (χ0) is 22.1. The summed E-state index contributed by atoms with van der Waals surface area (Å²) in [6.45, 7) is 6.61. The van der Waals surface area contributed by atoms with Gasteiger partial charge in [0.1, 0.15) is 21.6 Å². The molecule has 2 aromatic rings. The average molecular weight is 493 g/mol. The average Bonchev–Trinajstić information content (AvgIpc) is 2.79. The van der Waals surface area contributed by atoms with Crippen LogP contribution in [0.15, 0.2) is 22.7 Å². The van der Waals surface area contributed by atoms with Gasteiger partial charge in [-0.3, -0.25) is 4.68 Å². The molecule has 1 heterocycles. The summed E-state index contributed by atoms with van der Waals surface area (Å²) in [4.78, 5) is 12.5. The number of aromatic nitrogens is 2. The largest absolute Gasteiger partial charge is 0.458 e. The summed E-state index contributed by atoms with van der Waals surface area (Å²) >= 11 is 3.36. The number of ether oxygens (including phenoxy) is 2. The number of halogens is 2. The third-order valence-corrected chi connectivity index (χ3v) is 5.04. The van der Waals surface area contributed by atoms with Gasteiger partial charge in [-0.15, -0.1) is 5.10 Å². The van der Waals surface area contributed by atoms with Crippen LogP contribution in [0.5, 0.6) is 11.6 Å². The minimum absolute atomic E-state index is 0.130. The molecular formula is C18H22BrFN2O6S. The lowest BCUT2D eigenvalue weighted by atomic mass is 10.1. The molecule has 0 fully saturated rings. The summed E-state index contributed by atoms with van der Waals surface area (Å²) in [5.41, 5.74) is -0.475. The maximum Gasteiger partial charge on any atom is 0.342 e. The van der Waals surface area contributed by atoms with E-state index in [1.165, 1.54) is 12.1 Å². The molecule has 8 nitrogen and oxygen atoms in total. The van der Waals surface area contributed by atoms with Gasteiger partial charge >= 0.3 is 5.97 Å². The molecule has 0 N–H and O–H groups in total. The Morgan fingerprint density at radius 3 is 2.41 bits per heavy atom. The van der Waals surface area contributed by atoms with Crippen LogP contribution in [-0.4, -0.2) is 36.0 Å². The number of carbonyl (C=O) groups excluding carboxylic acids is 1. The Labute approximate surface area is 177 Å². The van der Waals surface area contributed by atoms with E-state index in [1.54, 1.807) is 32.5 Å². The van der Waals surface area contributed by atoms with Crippen molar-refractivity contribution in [1.29, 1.82) is 0 Å². The minimum Gasteiger partial charge on any atom is -0.458 e. The van der Waals surface area contributed by atoms with E-state index in [1.807, 2.05) is 6.92 Å². The number of rotatable bonds is 6. The fourth-order valence-electron chi connectivity index (χ4n) is 2.26. The first kappa shape index (κ1) is 23.3. The van der Waals surface area contributed by atoms with Gasteiger partial charge in [-0.2, -0.15) is 8.42 Å². The fraction of sp³-hybridized carbons (Fsp3) is 0.444. The van der Waals surface area contributed by atoms with Crippen molar-refractivity contribution >= 4 is 32.0 Å². The molecule has 0 aliphatic heterocycles. The molecule has 0 aliphatic rings. The SMILES string of the molecule is Cc1c(Br)c(Oc2ccc(F)c(C(OS(C)(=O)=O)C(=O)OC(C)(C)C)c2)nn1C. The van der Waals surface area contributed by atoms with Crippen molar-refractivity contribution < 1.29 is 31.3 Å². The van der Waals surface area contributed by atoms with E-state index in [4.69, 9.17) is 13.7 Å². The molecule has 0 amide bonds. The molecule has 160 valence electrons. The highest BCUT2D eigenvalue weighted by atomic mass is 79.9. The Bertz CT molecular complexity index is 1030. The van der Waals surface area contributed by atoms with Crippen molar-refractivity contribution in [3.8, 4) is 11.6 Å². The summed E-state index contributed by atoms with van der Waals surface area (Å²) in [5.74, 6) is -1.55. The van der Waals surface area contributed by atoms with Crippen molar-refractivity contribution in [2.75, 3.05) is 6.26 Å². The third kappa shape index (κ3) is 6.25. The van der Waals surface area contributed by atoms with Gasteiger partial charge in [0, 0.05) is 12.6 Å². The lowest BCUT2D eigenvalue weighted by Crippen LogP contribution is -2.30. The molecule has 0 radical (unpaired) electrons. The number of carbonyl (C=O) groups is 1. The molecule has 1 unspecified atom stereocenters. The van der Waals surface area contributed by atoms with E-state index in [-0.39, 0.29) is 17.2 Å². The Hall–Kier alpha value is -1.98. The van der Waals surface area contributed by atoms with Crippen LogP contribution in [-0.2, 0) is 30.9 Å². The minimum atomic E-state index is -4.10. The molecule has 0 saturated heterocycles. The Kier molecular flexibility index (Phi) is 6.75. The van der Waals surface area contributed by atoms with Crippen LogP contribution in [0.2, 0.25) is 0 Å². The summed E-state index contributed by atoms with van der Waals surface area (Å²) in [6, 6.07) is 3.53. The van der Waals surface area contributed by atoms with Crippen molar-refractivity contribution in [1.82, 2.24) is 9.78 Å². The zero-order valence-corrected chi connectivity index (χ0v) is 19.2. The van der Waals surface area contributed by atoms with E-state index >= 15 is 0 Å². The van der Waals surface area contributed by atoms with Crippen molar-refractivity contribution in [2.45, 2.75) is 39.4 Å². The molecular weight excluding hydrogens is 471 g/mol. The molecule has 0 aliphatic carbocycles. The summed E-state index contributed by atoms with van der Waals surface area (Å²) in [6.07, 6.45) is -1.07. The molecule has 1 aromatic heterocycles. The molecule has 0 saturated carbocycles. The first-order valence-corrected chi connectivity index (χ1v) is 11.1. The monoisotopic (exact) mass is 492 g/mol. The highest BCUT2D eigenvalue weighted by molar-refractivity contribution is 9.10. The van der Waals surface area contributed by atoms with E-state index < -0.39 is 33.6 Å². The standard InChI is InChI=1S/C18H22BrFN2O6S/c1-10-14(19)16(21-22(10)5)26-11-7-8-13(20)12(9-11)15(28-29(6,24)25)17(23)27-18(2,3)4/h7-9,15H,1-6H3. The quantitative estimate of drug-likeness (QED) is 0.446. The van der Waals surface area contributed by atoms with Crippen LogP contribution >= 0.6 is 15.9 Å². The second kappa shape index (κ2) is 8.41. The highest BCUT2D eigenvalue weighted by Gasteiger charge is 2.33. The Balaban J connectivity index is 2.46. The van der Waals surface area contributed by atoms with Crippen LogP contribution in [0.3, 0.4) is 0 Å². The topological polar surface area (TPSA) is 96.7 Å². The van der Waals surface area contributed by atoms with Crippen LogP contribution in [0, 0.1) is 12.7 Å². The fourth-order valence-corrected chi connectivity index (χ4v) is 3.21. The maximum absolute atomic E-state index is 14.5. The van der Waals surface area contributed by atoms with Crippen LogP contribution in [0.25, 0.3) is 0 Å². The smallest absolute Gasteiger partial charge is 0.342 e. The second-order valence-corrected chi connectivity index (χ2v) is 9.72. The van der Waals surface area contributed by atoms with E-state index in [0.29, 0.717) is 4.47 Å². The van der Waals surface area contributed by atoms with Crippen molar-refractivity contribution in [2.24, 2.45) is 7.05 Å². The number of hydrogen-bond acceptors (Lipinski definition) is 7. The normalized spacial score (nSPS) is 13.2. The molecule has 1 atom stereocenters. The van der Waals surface area contributed by atoms with Gasteiger partial charge in [0.25, 0.3) is 16.0 Å². The van der Waals surface area contributed by atoms with Gasteiger partial charge < -0.3 is 9.47 Å². The van der Waals surface area contributed by atoms with Crippen LogP contribution in [0.4, 0.5) is 4.39 Å². The Morgan fingerprint density at radius 1 is 1.31 bits per heavy atom. The first-order valence-electron chi connectivity index (χ1n) is 8.45. The molecule has 2 rings (SSSR count). The lowest BCUT2D eigenvalue weighted by Gasteiger charge is -2.24. The number of esters is 1. The molecule has 11 heteroatoms. The van der Waals surface area contributed by atoms with Crippen LogP contribution < -0.4 is 4.74 Å². The van der Waals surface area contributed by atoms with E-state index in [9.17, 15) is 17.6 Å². The number of hydrogen-bond donors (Lipinski definition) is 0. The van der Waals surface area contributed by atoms with Gasteiger partial charge in [0.15, 0.2) is 0 Å². The first-order chi connectivity index (χ1) is 13.2. The third-order valence-electron chi connectivity index (χ3n) is 3.59. The summed E-state index contributed by atoms with van der Waals surface area (Å²) in [5, 5.41) is 4.18. The van der Waals surface area contributed by atoms with Crippen molar-refractivity contribution in [3.63, 3.8) is 0 Å². The van der Waals surface area contributed by atoms with Gasteiger partial charge in [0.2, 0.25) is 6.10 Å². The molecule has 0 bridgehead atoms. The van der Waals surface area contributed by atoms with Crippen molar-refractivity contribution in [3.05, 3.63) is 39.7 Å². The number of nitrogens with zero attached hydrogens (tertiary/aromatic N) is 2. The molecule has 0 spiro atoms.